The number of fused-ring (bicyclic) bond motifs is 1. The molecule has 1 saturated heterocycles. The van der Waals surface area contributed by atoms with Gasteiger partial charge in [0.2, 0.25) is 0 Å². The highest BCUT2D eigenvalue weighted by molar-refractivity contribution is 5.31. The van der Waals surface area contributed by atoms with Crippen LogP contribution in [0.1, 0.15) is 49.3 Å². The molecule has 2 atom stereocenters. The van der Waals surface area contributed by atoms with Crippen LogP contribution in [0.4, 0.5) is 0 Å². The molecular formula is C16H23NO. The number of likely N-dealkylation sites (tertiary alicyclic amines) is 1. The Kier molecular flexibility index (Phi) is 3.67. The van der Waals surface area contributed by atoms with Gasteiger partial charge in [0.05, 0.1) is 6.10 Å². The lowest BCUT2D eigenvalue weighted by atomic mass is 9.96. The van der Waals surface area contributed by atoms with Crippen LogP contribution in [0.25, 0.3) is 0 Å². The molecular weight excluding hydrogens is 222 g/mol. The van der Waals surface area contributed by atoms with Gasteiger partial charge in [0.25, 0.3) is 0 Å². The van der Waals surface area contributed by atoms with E-state index in [9.17, 15) is 5.11 Å². The van der Waals surface area contributed by atoms with E-state index in [1.807, 2.05) is 0 Å². The van der Waals surface area contributed by atoms with Crippen LogP contribution < -0.4 is 0 Å². The second-order valence-corrected chi connectivity index (χ2v) is 5.70. The molecule has 1 aromatic rings. The van der Waals surface area contributed by atoms with Crippen LogP contribution in [0.5, 0.6) is 0 Å². The standard InChI is InChI=1S/C16H23NO/c18-16-14-9-3-2-7-13(14)8-6-10-15(16)17-11-4-1-5-12-17/h2-3,7,9,15-16,18H,1,4-6,8,10-12H2. The zero-order valence-corrected chi connectivity index (χ0v) is 11.0. The number of aliphatic hydroxyl groups is 1. The molecule has 0 spiro atoms. The smallest absolute Gasteiger partial charge is 0.0947 e. The van der Waals surface area contributed by atoms with Crippen molar-refractivity contribution in [2.45, 2.75) is 50.7 Å². The summed E-state index contributed by atoms with van der Waals surface area (Å²) in [7, 11) is 0. The molecule has 1 N–H and O–H groups in total. The molecule has 0 saturated carbocycles. The van der Waals surface area contributed by atoms with Crippen LogP contribution in [0.3, 0.4) is 0 Å². The number of nitrogens with zero attached hydrogens (tertiary/aromatic N) is 1. The zero-order chi connectivity index (χ0) is 12.4. The molecule has 1 heterocycles. The van der Waals surface area contributed by atoms with Gasteiger partial charge in [-0.15, -0.1) is 0 Å². The van der Waals surface area contributed by atoms with E-state index in [0.717, 1.165) is 12.8 Å². The molecule has 3 rings (SSSR count). The van der Waals surface area contributed by atoms with Crippen molar-refractivity contribution < 1.29 is 5.11 Å². The summed E-state index contributed by atoms with van der Waals surface area (Å²) in [6, 6.07) is 8.78. The lowest BCUT2D eigenvalue weighted by Gasteiger charge is -2.36. The zero-order valence-electron chi connectivity index (χ0n) is 11.0. The van der Waals surface area contributed by atoms with E-state index < -0.39 is 0 Å². The number of aliphatic hydroxyl groups excluding tert-OH is 1. The Hall–Kier alpha value is -0.860. The lowest BCUT2D eigenvalue weighted by Crippen LogP contribution is -2.42. The van der Waals surface area contributed by atoms with Crippen LogP contribution >= 0.6 is 0 Å². The maximum Gasteiger partial charge on any atom is 0.0947 e. The highest BCUT2D eigenvalue weighted by Crippen LogP contribution is 2.32. The van der Waals surface area contributed by atoms with Crippen LogP contribution in [0.15, 0.2) is 24.3 Å². The second kappa shape index (κ2) is 5.41. The van der Waals surface area contributed by atoms with Gasteiger partial charge >= 0.3 is 0 Å². The minimum atomic E-state index is -0.290. The van der Waals surface area contributed by atoms with Crippen molar-refractivity contribution in [1.29, 1.82) is 0 Å². The maximum atomic E-state index is 10.7. The van der Waals surface area contributed by atoms with E-state index in [1.165, 1.54) is 49.9 Å². The summed E-state index contributed by atoms with van der Waals surface area (Å²) in [5, 5.41) is 10.7. The Labute approximate surface area is 110 Å². The Morgan fingerprint density at radius 3 is 2.61 bits per heavy atom. The summed E-state index contributed by atoms with van der Waals surface area (Å²) >= 11 is 0. The quantitative estimate of drug-likeness (QED) is 0.769. The van der Waals surface area contributed by atoms with Gasteiger partial charge in [0.1, 0.15) is 0 Å². The first kappa shape index (κ1) is 12.2. The fourth-order valence-corrected chi connectivity index (χ4v) is 3.55. The van der Waals surface area contributed by atoms with E-state index in [0.29, 0.717) is 6.04 Å². The lowest BCUT2D eigenvalue weighted by molar-refractivity contribution is 0.0342. The highest BCUT2D eigenvalue weighted by Gasteiger charge is 2.30. The Bertz CT molecular complexity index is 398. The third-order valence-corrected chi connectivity index (χ3v) is 4.54. The first-order valence-corrected chi connectivity index (χ1v) is 7.36. The summed E-state index contributed by atoms with van der Waals surface area (Å²) in [4.78, 5) is 2.52. The van der Waals surface area contributed by atoms with E-state index in [2.05, 4.69) is 29.2 Å². The molecule has 2 aliphatic rings. The predicted molar refractivity (Wildman–Crippen MR) is 73.6 cm³/mol. The van der Waals surface area contributed by atoms with E-state index in [4.69, 9.17) is 0 Å². The number of piperidine rings is 1. The fourth-order valence-electron chi connectivity index (χ4n) is 3.55. The van der Waals surface area contributed by atoms with Gasteiger partial charge in [0, 0.05) is 6.04 Å². The Balaban J connectivity index is 1.84. The third kappa shape index (κ3) is 2.32. The topological polar surface area (TPSA) is 23.5 Å². The second-order valence-electron chi connectivity index (χ2n) is 5.70. The van der Waals surface area contributed by atoms with Crippen molar-refractivity contribution in [3.05, 3.63) is 35.4 Å². The number of benzene rings is 1. The molecule has 0 bridgehead atoms. The Morgan fingerprint density at radius 2 is 1.78 bits per heavy atom. The Morgan fingerprint density at radius 1 is 1.00 bits per heavy atom. The molecule has 0 amide bonds. The normalized spacial score (nSPS) is 29.6. The van der Waals surface area contributed by atoms with Gasteiger partial charge < -0.3 is 5.11 Å². The van der Waals surface area contributed by atoms with Crippen LogP contribution in [-0.2, 0) is 6.42 Å². The summed E-state index contributed by atoms with van der Waals surface area (Å²) in [5.41, 5.74) is 2.52. The van der Waals surface area contributed by atoms with Gasteiger partial charge in [-0.05, 0) is 56.3 Å². The predicted octanol–water partition coefficient (Wildman–Crippen LogP) is 2.91. The summed E-state index contributed by atoms with van der Waals surface area (Å²) in [5.74, 6) is 0. The summed E-state index contributed by atoms with van der Waals surface area (Å²) in [6.45, 7) is 2.34. The van der Waals surface area contributed by atoms with Crippen LogP contribution in [0.2, 0.25) is 0 Å². The molecule has 2 heteroatoms. The highest BCUT2D eigenvalue weighted by atomic mass is 16.3. The van der Waals surface area contributed by atoms with Crippen molar-refractivity contribution >= 4 is 0 Å². The van der Waals surface area contributed by atoms with Crippen molar-refractivity contribution in [3.8, 4) is 0 Å². The first-order valence-electron chi connectivity index (χ1n) is 7.36. The molecule has 1 aliphatic carbocycles. The molecule has 1 aromatic carbocycles. The molecule has 2 nitrogen and oxygen atoms in total. The number of hydrogen-bond acceptors (Lipinski definition) is 2. The average molecular weight is 245 g/mol. The molecule has 1 fully saturated rings. The van der Waals surface area contributed by atoms with Crippen molar-refractivity contribution in [2.24, 2.45) is 0 Å². The monoisotopic (exact) mass is 245 g/mol. The number of aryl methyl sites for hydroxylation is 1. The molecule has 98 valence electrons. The van der Waals surface area contributed by atoms with Crippen LogP contribution in [0, 0.1) is 0 Å². The maximum absolute atomic E-state index is 10.7. The molecule has 18 heavy (non-hydrogen) atoms. The van der Waals surface area contributed by atoms with Crippen molar-refractivity contribution in [1.82, 2.24) is 4.90 Å². The fraction of sp³-hybridized carbons (Fsp3) is 0.625. The third-order valence-electron chi connectivity index (χ3n) is 4.54. The molecule has 1 aliphatic heterocycles. The van der Waals surface area contributed by atoms with E-state index in [1.54, 1.807) is 0 Å². The summed E-state index contributed by atoms with van der Waals surface area (Å²) < 4.78 is 0. The molecule has 2 unspecified atom stereocenters. The van der Waals surface area contributed by atoms with Crippen LogP contribution in [-0.4, -0.2) is 29.1 Å². The average Bonchev–Trinajstić information content (AvgIpc) is 2.60. The van der Waals surface area contributed by atoms with Gasteiger partial charge in [-0.2, -0.15) is 0 Å². The first-order chi connectivity index (χ1) is 8.86. The molecule has 0 aromatic heterocycles. The summed E-state index contributed by atoms with van der Waals surface area (Å²) in [6.07, 6.45) is 7.12. The van der Waals surface area contributed by atoms with Gasteiger partial charge in [-0.1, -0.05) is 30.7 Å². The SMILES string of the molecule is OC1c2ccccc2CCCC1N1CCCCC1. The largest absolute Gasteiger partial charge is 0.387 e. The van der Waals surface area contributed by atoms with Gasteiger partial charge in [-0.25, -0.2) is 0 Å². The van der Waals surface area contributed by atoms with Gasteiger partial charge in [-0.3, -0.25) is 4.90 Å². The minimum Gasteiger partial charge on any atom is -0.387 e. The minimum absolute atomic E-state index is 0.290. The molecule has 0 radical (unpaired) electrons. The number of hydrogen-bond donors (Lipinski definition) is 1. The van der Waals surface area contributed by atoms with Crippen molar-refractivity contribution in [3.63, 3.8) is 0 Å². The van der Waals surface area contributed by atoms with E-state index in [-0.39, 0.29) is 6.10 Å². The van der Waals surface area contributed by atoms with E-state index >= 15 is 0 Å². The van der Waals surface area contributed by atoms with Gasteiger partial charge in [0.15, 0.2) is 0 Å². The number of rotatable bonds is 1. The van der Waals surface area contributed by atoms with Crippen molar-refractivity contribution in [2.75, 3.05) is 13.1 Å².